The minimum atomic E-state index is 0.471. The molecule has 1 atom stereocenters. The topological polar surface area (TPSA) is 24.9 Å². The van der Waals surface area contributed by atoms with Crippen LogP contribution in [0, 0.1) is 6.92 Å². The van der Waals surface area contributed by atoms with Crippen molar-refractivity contribution in [3.8, 4) is 0 Å². The van der Waals surface area contributed by atoms with Gasteiger partial charge in [-0.05, 0) is 44.0 Å². The molecule has 0 aliphatic carbocycles. The maximum atomic E-state index is 5.98. The predicted octanol–water partition coefficient (Wildman–Crippen LogP) is 4.43. The van der Waals surface area contributed by atoms with Gasteiger partial charge < -0.3 is 5.32 Å². The molecule has 108 valence electrons. The van der Waals surface area contributed by atoms with Gasteiger partial charge in [0.15, 0.2) is 0 Å². The molecule has 1 unspecified atom stereocenters. The Morgan fingerprint density at radius 1 is 1.30 bits per heavy atom. The molecule has 1 aromatic heterocycles. The Kier molecular flexibility index (Phi) is 6.02. The summed E-state index contributed by atoms with van der Waals surface area (Å²) in [7, 11) is 0. The van der Waals surface area contributed by atoms with Crippen LogP contribution >= 0.6 is 22.9 Å². The van der Waals surface area contributed by atoms with Gasteiger partial charge in [0.05, 0.1) is 5.01 Å². The maximum absolute atomic E-state index is 5.98. The molecule has 0 radical (unpaired) electrons. The molecular weight excluding hydrogens is 288 g/mol. The first-order valence-electron chi connectivity index (χ1n) is 7.06. The Hall–Kier alpha value is -0.900. The van der Waals surface area contributed by atoms with Crippen LogP contribution in [0.15, 0.2) is 30.5 Å². The van der Waals surface area contributed by atoms with Gasteiger partial charge in [0.25, 0.3) is 0 Å². The average Bonchev–Trinajstić information content (AvgIpc) is 2.84. The minimum Gasteiger partial charge on any atom is -0.316 e. The van der Waals surface area contributed by atoms with Gasteiger partial charge in [-0.25, -0.2) is 4.98 Å². The van der Waals surface area contributed by atoms with E-state index in [1.54, 1.807) is 11.3 Å². The van der Waals surface area contributed by atoms with E-state index in [9.17, 15) is 0 Å². The standard InChI is InChI=1S/C16H21ClN2S/c1-3-8-18-10-14(9-16-11-19-12(2)20-16)13-4-6-15(17)7-5-13/h4-7,11,14,18H,3,8-10H2,1-2H3. The van der Waals surface area contributed by atoms with Crippen molar-refractivity contribution in [3.05, 3.63) is 50.9 Å². The molecule has 0 spiro atoms. The zero-order valence-electron chi connectivity index (χ0n) is 12.0. The van der Waals surface area contributed by atoms with Crippen LogP contribution in [0.4, 0.5) is 0 Å². The summed E-state index contributed by atoms with van der Waals surface area (Å²) in [6, 6.07) is 8.21. The van der Waals surface area contributed by atoms with E-state index in [4.69, 9.17) is 11.6 Å². The average molecular weight is 309 g/mol. The van der Waals surface area contributed by atoms with Crippen LogP contribution in [-0.2, 0) is 6.42 Å². The van der Waals surface area contributed by atoms with E-state index in [-0.39, 0.29) is 0 Å². The lowest BCUT2D eigenvalue weighted by Crippen LogP contribution is -2.23. The number of benzene rings is 1. The Bertz CT molecular complexity index is 522. The van der Waals surface area contributed by atoms with Crippen molar-refractivity contribution in [2.45, 2.75) is 32.6 Å². The van der Waals surface area contributed by atoms with E-state index in [1.165, 1.54) is 10.4 Å². The van der Waals surface area contributed by atoms with Crippen molar-refractivity contribution in [2.24, 2.45) is 0 Å². The van der Waals surface area contributed by atoms with E-state index in [0.29, 0.717) is 5.92 Å². The number of nitrogens with zero attached hydrogens (tertiary/aromatic N) is 1. The number of halogens is 1. The largest absolute Gasteiger partial charge is 0.316 e. The summed E-state index contributed by atoms with van der Waals surface area (Å²) in [5.74, 6) is 0.471. The summed E-state index contributed by atoms with van der Waals surface area (Å²) >= 11 is 7.77. The van der Waals surface area contributed by atoms with E-state index in [1.807, 2.05) is 18.3 Å². The van der Waals surface area contributed by atoms with Gasteiger partial charge in [-0.2, -0.15) is 0 Å². The second-order valence-corrected chi connectivity index (χ2v) is 6.76. The number of rotatable bonds is 7. The summed E-state index contributed by atoms with van der Waals surface area (Å²) in [5.41, 5.74) is 1.34. The van der Waals surface area contributed by atoms with Crippen LogP contribution in [0.5, 0.6) is 0 Å². The first kappa shape index (κ1) is 15.5. The molecule has 2 aromatic rings. The van der Waals surface area contributed by atoms with E-state index >= 15 is 0 Å². The molecule has 2 nitrogen and oxygen atoms in total. The zero-order valence-corrected chi connectivity index (χ0v) is 13.6. The fraction of sp³-hybridized carbons (Fsp3) is 0.438. The maximum Gasteiger partial charge on any atom is 0.0896 e. The molecule has 2 rings (SSSR count). The molecule has 0 aliphatic rings. The molecule has 0 amide bonds. The first-order valence-corrected chi connectivity index (χ1v) is 8.26. The summed E-state index contributed by atoms with van der Waals surface area (Å²) in [5, 5.41) is 5.46. The first-order chi connectivity index (χ1) is 9.69. The van der Waals surface area contributed by atoms with Gasteiger partial charge in [0, 0.05) is 28.6 Å². The third-order valence-corrected chi connectivity index (χ3v) is 4.46. The monoisotopic (exact) mass is 308 g/mol. The second-order valence-electron chi connectivity index (χ2n) is 5.00. The van der Waals surface area contributed by atoms with Crippen molar-refractivity contribution >= 4 is 22.9 Å². The lowest BCUT2D eigenvalue weighted by molar-refractivity contribution is 0.579. The van der Waals surface area contributed by atoms with Crippen molar-refractivity contribution in [2.75, 3.05) is 13.1 Å². The lowest BCUT2D eigenvalue weighted by Gasteiger charge is -2.17. The van der Waals surface area contributed by atoms with Crippen LogP contribution < -0.4 is 5.32 Å². The number of aryl methyl sites for hydroxylation is 1. The quantitative estimate of drug-likeness (QED) is 0.765. The molecular formula is C16H21ClN2S. The fourth-order valence-electron chi connectivity index (χ4n) is 2.24. The van der Waals surface area contributed by atoms with E-state index in [0.717, 1.165) is 36.0 Å². The number of hydrogen-bond acceptors (Lipinski definition) is 3. The van der Waals surface area contributed by atoms with Crippen molar-refractivity contribution < 1.29 is 0 Å². The molecule has 20 heavy (non-hydrogen) atoms. The normalized spacial score (nSPS) is 12.6. The minimum absolute atomic E-state index is 0.471. The van der Waals surface area contributed by atoms with E-state index in [2.05, 4.69) is 36.3 Å². The van der Waals surface area contributed by atoms with E-state index < -0.39 is 0 Å². The van der Waals surface area contributed by atoms with Gasteiger partial charge in [0.2, 0.25) is 0 Å². The smallest absolute Gasteiger partial charge is 0.0896 e. The number of thiazole rings is 1. The third kappa shape index (κ3) is 4.58. The third-order valence-electron chi connectivity index (χ3n) is 3.28. The Balaban J connectivity index is 2.09. The highest BCUT2D eigenvalue weighted by Crippen LogP contribution is 2.24. The number of nitrogens with one attached hydrogen (secondary N) is 1. The van der Waals surface area contributed by atoms with Gasteiger partial charge in [0.1, 0.15) is 0 Å². The summed E-state index contributed by atoms with van der Waals surface area (Å²) in [4.78, 5) is 5.70. The van der Waals surface area contributed by atoms with Crippen LogP contribution in [0.1, 0.15) is 34.7 Å². The van der Waals surface area contributed by atoms with Crippen molar-refractivity contribution in [3.63, 3.8) is 0 Å². The molecule has 0 fully saturated rings. The van der Waals surface area contributed by atoms with Crippen molar-refractivity contribution in [1.29, 1.82) is 0 Å². The lowest BCUT2D eigenvalue weighted by atomic mass is 9.95. The number of aromatic nitrogens is 1. The number of hydrogen-bond donors (Lipinski definition) is 1. The van der Waals surface area contributed by atoms with Gasteiger partial charge >= 0.3 is 0 Å². The van der Waals surface area contributed by atoms with Crippen LogP contribution in [0.3, 0.4) is 0 Å². The molecule has 1 N–H and O–H groups in total. The summed E-state index contributed by atoms with van der Waals surface area (Å²) in [6.07, 6.45) is 4.19. The highest BCUT2D eigenvalue weighted by atomic mass is 35.5. The predicted molar refractivity (Wildman–Crippen MR) is 87.9 cm³/mol. The zero-order chi connectivity index (χ0) is 14.4. The SMILES string of the molecule is CCCNCC(Cc1cnc(C)s1)c1ccc(Cl)cc1. The highest BCUT2D eigenvalue weighted by molar-refractivity contribution is 7.11. The summed E-state index contributed by atoms with van der Waals surface area (Å²) in [6.45, 7) is 6.30. The molecule has 1 aromatic carbocycles. The fourth-order valence-corrected chi connectivity index (χ4v) is 3.24. The summed E-state index contributed by atoms with van der Waals surface area (Å²) < 4.78 is 0. The van der Waals surface area contributed by atoms with Crippen LogP contribution in [-0.4, -0.2) is 18.1 Å². The van der Waals surface area contributed by atoms with Crippen LogP contribution in [0.2, 0.25) is 5.02 Å². The van der Waals surface area contributed by atoms with Gasteiger partial charge in [-0.3, -0.25) is 0 Å². The Morgan fingerprint density at radius 3 is 2.65 bits per heavy atom. The molecule has 1 heterocycles. The van der Waals surface area contributed by atoms with Crippen molar-refractivity contribution in [1.82, 2.24) is 10.3 Å². The Labute approximate surface area is 130 Å². The highest BCUT2D eigenvalue weighted by Gasteiger charge is 2.13. The molecule has 0 bridgehead atoms. The van der Waals surface area contributed by atoms with Crippen LogP contribution in [0.25, 0.3) is 0 Å². The molecule has 4 heteroatoms. The second kappa shape index (κ2) is 7.77. The van der Waals surface area contributed by atoms with Gasteiger partial charge in [-0.1, -0.05) is 30.7 Å². The molecule has 0 saturated heterocycles. The van der Waals surface area contributed by atoms with Gasteiger partial charge in [-0.15, -0.1) is 11.3 Å². The Morgan fingerprint density at radius 2 is 2.05 bits per heavy atom. The molecule has 0 aliphatic heterocycles. The molecule has 0 saturated carbocycles.